The van der Waals surface area contributed by atoms with E-state index in [-0.39, 0.29) is 24.3 Å². The summed E-state index contributed by atoms with van der Waals surface area (Å²) < 4.78 is 13.9. The predicted octanol–water partition coefficient (Wildman–Crippen LogP) is 1.87. The van der Waals surface area contributed by atoms with Crippen molar-refractivity contribution in [2.24, 2.45) is 0 Å². The van der Waals surface area contributed by atoms with E-state index in [9.17, 15) is 9.18 Å². The number of rotatable bonds is 2. The zero-order chi connectivity index (χ0) is 12.4. The number of halogens is 1. The summed E-state index contributed by atoms with van der Waals surface area (Å²) in [6, 6.07) is 4.95. The fourth-order valence-electron chi connectivity index (χ4n) is 1.96. The summed E-state index contributed by atoms with van der Waals surface area (Å²) in [5.74, 6) is 0.379. The molecule has 1 atom stereocenters. The lowest BCUT2D eigenvalue weighted by molar-refractivity contribution is -0.118. The van der Waals surface area contributed by atoms with Crippen LogP contribution in [0.25, 0.3) is 0 Å². The summed E-state index contributed by atoms with van der Waals surface area (Å²) in [6.07, 6.45) is 0. The first kappa shape index (κ1) is 12.4. The molecule has 0 aliphatic carbocycles. The number of amides is 1. The Labute approximate surface area is 104 Å². The van der Waals surface area contributed by atoms with Crippen LogP contribution in [0.4, 0.5) is 10.1 Å². The zero-order valence-corrected chi connectivity index (χ0v) is 10.7. The molecule has 0 spiro atoms. The molecule has 0 saturated heterocycles. The molecule has 92 valence electrons. The monoisotopic (exact) mass is 254 g/mol. The number of nitrogens with zero attached hydrogens (tertiary/aromatic N) is 1. The fourth-order valence-corrected chi connectivity index (χ4v) is 3.04. The van der Waals surface area contributed by atoms with Crippen LogP contribution in [-0.4, -0.2) is 31.3 Å². The maximum atomic E-state index is 13.9. The minimum Gasteiger partial charge on any atom is -0.311 e. The van der Waals surface area contributed by atoms with Gasteiger partial charge < -0.3 is 10.2 Å². The number of benzene rings is 1. The minimum absolute atomic E-state index is 0.0187. The number of thioether (sulfide) groups is 1. The highest BCUT2D eigenvalue weighted by Gasteiger charge is 2.30. The first-order chi connectivity index (χ1) is 8.15. The van der Waals surface area contributed by atoms with Gasteiger partial charge in [-0.3, -0.25) is 4.79 Å². The van der Waals surface area contributed by atoms with E-state index in [1.165, 1.54) is 6.07 Å². The molecule has 1 unspecified atom stereocenters. The Morgan fingerprint density at radius 2 is 2.41 bits per heavy atom. The summed E-state index contributed by atoms with van der Waals surface area (Å²) in [4.78, 5) is 14.4. The lowest BCUT2D eigenvalue weighted by atomic mass is 10.2. The Balaban J connectivity index is 2.42. The lowest BCUT2D eigenvalue weighted by Gasteiger charge is -2.35. The lowest BCUT2D eigenvalue weighted by Crippen LogP contribution is -2.46. The van der Waals surface area contributed by atoms with Gasteiger partial charge in [-0.2, -0.15) is 0 Å². The maximum Gasteiger partial charge on any atom is 0.241 e. The maximum absolute atomic E-state index is 13.9. The van der Waals surface area contributed by atoms with Crippen molar-refractivity contribution in [3.63, 3.8) is 0 Å². The predicted molar refractivity (Wildman–Crippen MR) is 68.0 cm³/mol. The fraction of sp³-hybridized carbons (Fsp3) is 0.417. The number of nitrogens with one attached hydrogen (secondary N) is 1. The van der Waals surface area contributed by atoms with E-state index in [0.29, 0.717) is 5.69 Å². The van der Waals surface area contributed by atoms with Crippen LogP contribution in [0.3, 0.4) is 0 Å². The number of fused-ring (bicyclic) bond motifs is 1. The Morgan fingerprint density at radius 3 is 3.12 bits per heavy atom. The van der Waals surface area contributed by atoms with Gasteiger partial charge in [0.05, 0.1) is 12.2 Å². The van der Waals surface area contributed by atoms with Crippen molar-refractivity contribution < 1.29 is 9.18 Å². The number of carbonyl (C=O) groups is 1. The van der Waals surface area contributed by atoms with Crippen molar-refractivity contribution in [3.05, 3.63) is 24.0 Å². The van der Waals surface area contributed by atoms with Gasteiger partial charge in [-0.25, -0.2) is 4.39 Å². The number of hydrogen-bond acceptors (Lipinski definition) is 3. The van der Waals surface area contributed by atoms with Gasteiger partial charge in [-0.05, 0) is 26.1 Å². The zero-order valence-electron chi connectivity index (χ0n) is 9.87. The van der Waals surface area contributed by atoms with Gasteiger partial charge in [0.1, 0.15) is 5.82 Å². The summed E-state index contributed by atoms with van der Waals surface area (Å²) in [5.41, 5.74) is 0.427. The molecule has 1 amide bonds. The highest BCUT2D eigenvalue weighted by atomic mass is 32.2. The SMILES string of the molecule is CNCC(=O)N1c2c(F)cccc2SCC1C. The van der Waals surface area contributed by atoms with Crippen molar-refractivity contribution in [1.29, 1.82) is 0 Å². The standard InChI is InChI=1S/C12H15FN2OS/c1-8-7-17-10-5-3-4-9(13)12(10)15(8)11(16)6-14-2/h3-5,8,14H,6-7H2,1-2H3. The average Bonchev–Trinajstić information content (AvgIpc) is 2.30. The molecule has 0 saturated carbocycles. The van der Waals surface area contributed by atoms with Crippen LogP contribution >= 0.6 is 11.8 Å². The molecule has 0 radical (unpaired) electrons. The van der Waals surface area contributed by atoms with E-state index in [2.05, 4.69) is 5.32 Å². The first-order valence-electron chi connectivity index (χ1n) is 5.53. The van der Waals surface area contributed by atoms with E-state index in [4.69, 9.17) is 0 Å². The Bertz CT molecular complexity index is 439. The van der Waals surface area contributed by atoms with Crippen molar-refractivity contribution in [2.75, 3.05) is 24.2 Å². The van der Waals surface area contributed by atoms with Gasteiger partial charge in [0.15, 0.2) is 0 Å². The molecule has 2 rings (SSSR count). The number of anilines is 1. The topological polar surface area (TPSA) is 32.3 Å². The second-order valence-corrected chi connectivity index (χ2v) is 5.10. The molecular weight excluding hydrogens is 239 g/mol. The number of para-hydroxylation sites is 1. The third-order valence-corrected chi connectivity index (χ3v) is 4.00. The smallest absolute Gasteiger partial charge is 0.241 e. The van der Waals surface area contributed by atoms with Crippen LogP contribution < -0.4 is 10.2 Å². The molecular formula is C12H15FN2OS. The van der Waals surface area contributed by atoms with Gasteiger partial charge >= 0.3 is 0 Å². The van der Waals surface area contributed by atoms with E-state index < -0.39 is 0 Å². The molecule has 1 aromatic carbocycles. The third-order valence-electron chi connectivity index (χ3n) is 2.71. The number of carbonyl (C=O) groups excluding carboxylic acids is 1. The van der Waals surface area contributed by atoms with Crippen LogP contribution in [-0.2, 0) is 4.79 Å². The van der Waals surface area contributed by atoms with Gasteiger partial charge in [0, 0.05) is 16.7 Å². The van der Waals surface area contributed by atoms with Crippen LogP contribution in [0.1, 0.15) is 6.92 Å². The summed E-state index contributed by atoms with van der Waals surface area (Å²) >= 11 is 1.60. The van der Waals surface area contributed by atoms with Crippen LogP contribution in [0.5, 0.6) is 0 Å². The van der Waals surface area contributed by atoms with Gasteiger partial charge in [0.25, 0.3) is 0 Å². The third kappa shape index (κ3) is 2.30. The number of hydrogen-bond donors (Lipinski definition) is 1. The molecule has 1 aliphatic heterocycles. The molecule has 1 N–H and O–H groups in total. The summed E-state index contributed by atoms with van der Waals surface area (Å²) in [6.45, 7) is 2.17. The summed E-state index contributed by atoms with van der Waals surface area (Å²) in [5, 5.41) is 2.82. The molecule has 1 heterocycles. The van der Waals surface area contributed by atoms with Crippen molar-refractivity contribution in [2.45, 2.75) is 17.9 Å². The molecule has 1 aliphatic rings. The van der Waals surface area contributed by atoms with Gasteiger partial charge in [0.2, 0.25) is 5.91 Å². The van der Waals surface area contributed by atoms with Crippen molar-refractivity contribution in [3.8, 4) is 0 Å². The second-order valence-electron chi connectivity index (χ2n) is 4.04. The van der Waals surface area contributed by atoms with Crippen LogP contribution in [0.15, 0.2) is 23.1 Å². The second kappa shape index (κ2) is 5.06. The molecule has 1 aromatic rings. The van der Waals surface area contributed by atoms with E-state index in [1.807, 2.05) is 13.0 Å². The summed E-state index contributed by atoms with van der Waals surface area (Å²) in [7, 11) is 1.71. The molecule has 0 aromatic heterocycles. The Hall–Kier alpha value is -1.07. The molecule has 3 nitrogen and oxygen atoms in total. The molecule has 5 heteroatoms. The molecule has 17 heavy (non-hydrogen) atoms. The largest absolute Gasteiger partial charge is 0.311 e. The Morgan fingerprint density at radius 1 is 1.65 bits per heavy atom. The highest BCUT2D eigenvalue weighted by molar-refractivity contribution is 7.99. The van der Waals surface area contributed by atoms with Crippen molar-refractivity contribution in [1.82, 2.24) is 5.32 Å². The average molecular weight is 254 g/mol. The van der Waals surface area contributed by atoms with Gasteiger partial charge in [-0.1, -0.05) is 6.07 Å². The normalized spacial score (nSPS) is 19.0. The van der Waals surface area contributed by atoms with Crippen LogP contribution in [0.2, 0.25) is 0 Å². The van der Waals surface area contributed by atoms with E-state index in [0.717, 1.165) is 10.6 Å². The minimum atomic E-state index is -0.328. The van der Waals surface area contributed by atoms with Crippen LogP contribution in [0, 0.1) is 5.82 Å². The van der Waals surface area contributed by atoms with Gasteiger partial charge in [-0.15, -0.1) is 11.8 Å². The quantitative estimate of drug-likeness (QED) is 0.874. The number of likely N-dealkylation sites (N-methyl/N-ethyl adjacent to an activating group) is 1. The molecule has 0 bridgehead atoms. The first-order valence-corrected chi connectivity index (χ1v) is 6.51. The van der Waals surface area contributed by atoms with E-state index in [1.54, 1.807) is 29.8 Å². The van der Waals surface area contributed by atoms with Crippen molar-refractivity contribution >= 4 is 23.4 Å². The van der Waals surface area contributed by atoms with E-state index >= 15 is 0 Å². The highest BCUT2D eigenvalue weighted by Crippen LogP contribution is 2.39. The molecule has 0 fully saturated rings. The Kier molecular flexibility index (Phi) is 3.69.